The van der Waals surface area contributed by atoms with Crippen LogP contribution < -0.4 is 0 Å². The maximum Gasteiger partial charge on any atom is 0.164 e. The van der Waals surface area contributed by atoms with Crippen molar-refractivity contribution in [2.24, 2.45) is 0 Å². The van der Waals surface area contributed by atoms with E-state index in [0.29, 0.717) is 52.4 Å². The summed E-state index contributed by atoms with van der Waals surface area (Å²) in [5, 5.41) is 26.4. The molecule has 0 spiro atoms. The fourth-order valence-electron chi connectivity index (χ4n) is 20.5. The summed E-state index contributed by atoms with van der Waals surface area (Å²) in [4.78, 5) is 46.3. The fourth-order valence-corrected chi connectivity index (χ4v) is 20.5. The van der Waals surface area contributed by atoms with E-state index in [9.17, 15) is 0 Å². The smallest absolute Gasteiger partial charge is 0.164 e. The highest BCUT2D eigenvalue weighted by Crippen LogP contribution is 2.51. The van der Waals surface area contributed by atoms with Gasteiger partial charge in [-0.05, 0) is 193 Å². The van der Waals surface area contributed by atoms with Crippen LogP contribution in [0.3, 0.4) is 0 Å². The second-order valence-electron chi connectivity index (χ2n) is 35.8. The molecule has 0 N–H and O–H groups in total. The Kier molecular flexibility index (Phi) is 20.1. The van der Waals surface area contributed by atoms with Crippen molar-refractivity contribution in [3.05, 3.63) is 478 Å². The Morgan fingerprint density at radius 3 is 0.752 bits per heavy atom. The van der Waals surface area contributed by atoms with E-state index < -0.39 is 0 Å². The summed E-state index contributed by atoms with van der Waals surface area (Å²) in [6, 6.07) is 165. The van der Waals surface area contributed by atoms with E-state index in [1.54, 1.807) is 0 Å². The first-order valence-electron chi connectivity index (χ1n) is 46.5. The molecule has 0 aliphatic heterocycles. The van der Waals surface area contributed by atoms with E-state index in [2.05, 4.69) is 432 Å². The number of nitrogens with zero attached hydrogens (tertiary/aromatic N) is 9. The largest absolute Gasteiger partial charge is 0.208 e. The van der Waals surface area contributed by atoms with Crippen molar-refractivity contribution >= 4 is 118 Å². The summed E-state index contributed by atoms with van der Waals surface area (Å²) in [5.74, 6) is 5.94. The van der Waals surface area contributed by atoms with Gasteiger partial charge in [-0.25, -0.2) is 44.9 Å². The lowest BCUT2D eigenvalue weighted by atomic mass is 9.82. The molecule has 3 heterocycles. The lowest BCUT2D eigenvalue weighted by Crippen LogP contribution is -2.15. The highest BCUT2D eigenvalue weighted by molar-refractivity contribution is 6.27. The minimum atomic E-state index is -0.115. The molecule has 0 bridgehead atoms. The molecule has 640 valence electrons. The third-order valence-corrected chi connectivity index (χ3v) is 27.3. The predicted molar refractivity (Wildman–Crippen MR) is 569 cm³/mol. The number of fused-ring (bicyclic) bond motifs is 21. The third kappa shape index (κ3) is 14.7. The monoisotopic (exact) mass is 1750 g/mol. The first-order chi connectivity index (χ1) is 67.6. The van der Waals surface area contributed by atoms with Crippen LogP contribution in [0.2, 0.25) is 0 Å². The van der Waals surface area contributed by atoms with Crippen LogP contribution in [0.25, 0.3) is 254 Å². The highest BCUT2D eigenvalue weighted by Gasteiger charge is 2.36. The van der Waals surface area contributed by atoms with Gasteiger partial charge < -0.3 is 0 Å². The zero-order valence-corrected chi connectivity index (χ0v) is 75.0. The van der Waals surface area contributed by atoms with Gasteiger partial charge in [0.2, 0.25) is 0 Å². The van der Waals surface area contributed by atoms with E-state index in [-0.39, 0.29) is 5.41 Å². The Morgan fingerprint density at radius 2 is 0.358 bits per heavy atom. The molecule has 0 saturated carbocycles. The van der Waals surface area contributed by atoms with E-state index in [0.717, 1.165) is 98.9 Å². The molecule has 23 aromatic carbocycles. The third-order valence-electron chi connectivity index (χ3n) is 27.3. The van der Waals surface area contributed by atoms with Gasteiger partial charge in [0.05, 0.1) is 0 Å². The average molecular weight is 1750 g/mol. The second kappa shape index (κ2) is 34.0. The molecule has 0 unspecified atom stereocenters. The molecule has 0 radical (unpaired) electrons. The molecule has 0 fully saturated rings. The normalized spacial score (nSPS) is 12.1. The number of aromatic nitrogens is 9. The van der Waals surface area contributed by atoms with Gasteiger partial charge in [-0.15, -0.1) is 0 Å². The van der Waals surface area contributed by atoms with Gasteiger partial charge in [-0.1, -0.05) is 451 Å². The zero-order valence-electron chi connectivity index (χ0n) is 75.0. The Hall–Kier alpha value is -18.1. The zero-order chi connectivity index (χ0) is 91.0. The van der Waals surface area contributed by atoms with Crippen molar-refractivity contribution in [2.45, 2.75) is 19.3 Å². The van der Waals surface area contributed by atoms with Crippen molar-refractivity contribution < 1.29 is 0 Å². The van der Waals surface area contributed by atoms with Crippen LogP contribution in [-0.4, -0.2) is 44.9 Å². The minimum Gasteiger partial charge on any atom is -0.208 e. The Bertz CT molecular complexity index is 9150. The summed E-state index contributed by atoms with van der Waals surface area (Å²) in [6.45, 7) is 4.61. The maximum atomic E-state index is 5.24. The van der Waals surface area contributed by atoms with Gasteiger partial charge in [-0.3, -0.25) is 0 Å². The first-order valence-corrected chi connectivity index (χ1v) is 46.5. The van der Waals surface area contributed by atoms with Crippen molar-refractivity contribution in [3.63, 3.8) is 0 Å². The minimum absolute atomic E-state index is 0.115. The molecule has 1 aliphatic rings. The molecule has 1 aliphatic carbocycles. The number of rotatable bonds is 11. The number of hydrogen-bond acceptors (Lipinski definition) is 9. The van der Waals surface area contributed by atoms with Crippen LogP contribution >= 0.6 is 0 Å². The van der Waals surface area contributed by atoms with Crippen LogP contribution in [0.15, 0.2) is 467 Å². The molecular formula is C128H83N9. The molecule has 0 saturated heterocycles. The Balaban J connectivity index is 0.000000109. The average Bonchev–Trinajstić information content (AvgIpc) is 1.69. The summed E-state index contributed by atoms with van der Waals surface area (Å²) >= 11 is 0. The molecular weight excluding hydrogens is 1660 g/mol. The van der Waals surface area contributed by atoms with Crippen molar-refractivity contribution in [1.29, 1.82) is 0 Å². The van der Waals surface area contributed by atoms with E-state index in [1.807, 2.05) is 48.5 Å². The standard InChI is InChI=1S/C45H29N3.C42H29N3.C41H25N3/c1-3-11-30(12-4-1)32-19-23-35(24-20-32)43-46-44(36-25-21-33(22-26-36)31-13-5-2-6-14-31)48-45(47-43)41-29-37-16-8-10-18-39(37)42-38-17-9-7-15-34(38)27-28-40(41)42;1-42(2)36-19-11-10-18-32(36)33-22-21-29(25-37(33)42)40-43-39(27-13-4-3-5-14-27)44-41(45-40)35-24-28-15-7-9-17-31(28)38-30-16-8-6-12-26(30)20-23-34(35)38;1-2-12-28(13-3-1)39-42-40(31-21-22-33-30(24-31)19-18-26-10-4-7-15-32(26)33)44-41(43-39)37-25-29-14-6-9-17-35(29)38-34-16-8-5-11-27(34)20-23-36(37)38/h1-29H;3-25H,1-2H3;1-25H. The van der Waals surface area contributed by atoms with Crippen LogP contribution in [-0.2, 0) is 5.41 Å². The molecule has 9 nitrogen and oxygen atoms in total. The van der Waals surface area contributed by atoms with Crippen molar-refractivity contribution in [2.75, 3.05) is 0 Å². The van der Waals surface area contributed by atoms with Crippen molar-refractivity contribution in [3.8, 4) is 136 Å². The SMILES string of the molecule is CC1(C)c2ccccc2-c2ccc(-c3nc(-c4ccccc4)nc(-c4cc5ccccc5c5c4ccc4ccccc45)n3)cc21.c1ccc(-c2ccc(-c3nc(-c4ccc(-c5ccccc5)cc4)nc(-c4cc5ccccc5c5c4ccc4ccccc45)n3)cc2)cc1.c1ccc(-c2nc(-c3ccc4c(ccc5ccccc54)c3)nc(-c3cc4ccccc4c4c3ccc3ccccc34)n2)cc1. The van der Waals surface area contributed by atoms with Crippen LogP contribution in [0.5, 0.6) is 0 Å². The number of hydrogen-bond donors (Lipinski definition) is 0. The number of benzene rings is 23. The van der Waals surface area contributed by atoms with Gasteiger partial charge >= 0.3 is 0 Å². The summed E-state index contributed by atoms with van der Waals surface area (Å²) in [5.41, 5.74) is 18.5. The Morgan fingerprint density at radius 1 is 0.131 bits per heavy atom. The van der Waals surface area contributed by atoms with Gasteiger partial charge in [0.15, 0.2) is 52.4 Å². The van der Waals surface area contributed by atoms with Gasteiger partial charge in [0, 0.05) is 55.5 Å². The van der Waals surface area contributed by atoms with Gasteiger partial charge in [-0.2, -0.15) is 0 Å². The molecule has 27 rings (SSSR count). The van der Waals surface area contributed by atoms with Crippen LogP contribution in [0, 0.1) is 0 Å². The molecule has 0 amide bonds. The molecule has 3 aromatic heterocycles. The van der Waals surface area contributed by atoms with E-state index in [4.69, 9.17) is 44.9 Å². The molecule has 9 heteroatoms. The van der Waals surface area contributed by atoms with Crippen molar-refractivity contribution in [1.82, 2.24) is 44.9 Å². The summed E-state index contributed by atoms with van der Waals surface area (Å²) in [7, 11) is 0. The maximum absolute atomic E-state index is 5.24. The summed E-state index contributed by atoms with van der Waals surface area (Å²) in [6.07, 6.45) is 0. The highest BCUT2D eigenvalue weighted by atomic mass is 15.1. The first kappa shape index (κ1) is 81.0. The molecule has 0 atom stereocenters. The van der Waals surface area contributed by atoms with Gasteiger partial charge in [0.25, 0.3) is 0 Å². The quantitative estimate of drug-likeness (QED) is 0.117. The molecule has 26 aromatic rings. The fraction of sp³-hybridized carbons (Fsp3) is 0.0234. The lowest BCUT2D eigenvalue weighted by molar-refractivity contribution is 0.660. The predicted octanol–water partition coefficient (Wildman–Crippen LogP) is 32.9. The van der Waals surface area contributed by atoms with Gasteiger partial charge in [0.1, 0.15) is 0 Å². The van der Waals surface area contributed by atoms with E-state index >= 15 is 0 Å². The second-order valence-corrected chi connectivity index (χ2v) is 35.8. The van der Waals surface area contributed by atoms with Crippen LogP contribution in [0.1, 0.15) is 25.0 Å². The topological polar surface area (TPSA) is 116 Å². The molecule has 137 heavy (non-hydrogen) atoms. The summed E-state index contributed by atoms with van der Waals surface area (Å²) < 4.78 is 0. The van der Waals surface area contributed by atoms with E-state index in [1.165, 1.54) is 114 Å². The lowest BCUT2D eigenvalue weighted by Gasteiger charge is -2.21. The van der Waals surface area contributed by atoms with Crippen LogP contribution in [0.4, 0.5) is 0 Å². The Labute approximate surface area is 791 Å².